The number of aromatic nitrogens is 3. The van der Waals surface area contributed by atoms with Gasteiger partial charge in [-0.25, -0.2) is 15.0 Å². The number of methoxy groups -OCH3 is 1. The van der Waals surface area contributed by atoms with E-state index in [-0.39, 0.29) is 12.6 Å². The van der Waals surface area contributed by atoms with Crippen LogP contribution in [-0.4, -0.2) is 72.8 Å². The second-order valence-corrected chi connectivity index (χ2v) is 8.31. The number of anilines is 3. The van der Waals surface area contributed by atoms with Crippen molar-refractivity contribution in [3.05, 3.63) is 48.5 Å². The number of hydrogen-bond acceptors (Lipinski definition) is 10. The summed E-state index contributed by atoms with van der Waals surface area (Å²) in [7, 11) is 5.26. The fourth-order valence-electron chi connectivity index (χ4n) is 3.50. The molecular formula is C25H33N7O3. The maximum Gasteiger partial charge on any atom is 0.137 e. The van der Waals surface area contributed by atoms with Crippen molar-refractivity contribution < 1.29 is 14.6 Å². The van der Waals surface area contributed by atoms with Crippen molar-refractivity contribution in [1.29, 1.82) is 5.41 Å². The van der Waals surface area contributed by atoms with Crippen LogP contribution in [0.5, 0.6) is 11.5 Å². The third-order valence-electron chi connectivity index (χ3n) is 5.20. The summed E-state index contributed by atoms with van der Waals surface area (Å²) >= 11 is 0. The predicted molar refractivity (Wildman–Crippen MR) is 138 cm³/mol. The Kier molecular flexibility index (Phi) is 8.93. The quantitative estimate of drug-likeness (QED) is 0.290. The maximum atomic E-state index is 10.0. The highest BCUT2D eigenvalue weighted by molar-refractivity contribution is 5.95. The van der Waals surface area contributed by atoms with Gasteiger partial charge in [-0.05, 0) is 39.1 Å². The molecule has 1 atom stereocenters. The zero-order chi connectivity index (χ0) is 25.4. The normalized spacial score (nSPS) is 11.7. The molecule has 1 unspecified atom stereocenters. The van der Waals surface area contributed by atoms with Gasteiger partial charge in [0.05, 0.1) is 42.1 Å². The van der Waals surface area contributed by atoms with E-state index in [1.807, 2.05) is 44.0 Å². The molecule has 0 saturated carbocycles. The first-order valence-electron chi connectivity index (χ1n) is 11.3. The van der Waals surface area contributed by atoms with Gasteiger partial charge in [0.15, 0.2) is 0 Å². The van der Waals surface area contributed by atoms with Crippen LogP contribution in [0.2, 0.25) is 0 Å². The number of hydrogen-bond donors (Lipinski definition) is 4. The number of nitrogens with one attached hydrogen (secondary N) is 3. The van der Waals surface area contributed by atoms with Crippen LogP contribution >= 0.6 is 0 Å². The molecule has 0 saturated heterocycles. The first-order chi connectivity index (χ1) is 16.9. The Morgan fingerprint density at radius 2 is 1.86 bits per heavy atom. The SMILES string of the molecule is CNCC(O)COc1cc(OC)cc(-c2cc(N(C)c3cncnc3)c(C=N)c(NC(C)C)n2)c1. The molecule has 10 nitrogen and oxygen atoms in total. The summed E-state index contributed by atoms with van der Waals surface area (Å²) in [5, 5.41) is 24.4. The van der Waals surface area contributed by atoms with Crippen LogP contribution in [0.25, 0.3) is 11.3 Å². The summed E-state index contributed by atoms with van der Waals surface area (Å²) in [5.41, 5.74) is 3.61. The van der Waals surface area contributed by atoms with Crippen molar-refractivity contribution in [2.45, 2.75) is 26.0 Å². The molecule has 0 radical (unpaired) electrons. The summed E-state index contributed by atoms with van der Waals surface area (Å²) in [4.78, 5) is 15.0. The molecule has 0 aliphatic heterocycles. The van der Waals surface area contributed by atoms with E-state index in [2.05, 4.69) is 20.6 Å². The Morgan fingerprint density at radius 3 is 2.49 bits per heavy atom. The molecule has 0 aliphatic rings. The Bertz CT molecular complexity index is 1130. The number of rotatable bonds is 12. The molecule has 2 heterocycles. The monoisotopic (exact) mass is 479 g/mol. The molecule has 0 amide bonds. The smallest absolute Gasteiger partial charge is 0.137 e. The zero-order valence-corrected chi connectivity index (χ0v) is 20.7. The Balaban J connectivity index is 2.11. The van der Waals surface area contributed by atoms with E-state index in [1.165, 1.54) is 12.5 Å². The van der Waals surface area contributed by atoms with Crippen LogP contribution in [0.3, 0.4) is 0 Å². The zero-order valence-electron chi connectivity index (χ0n) is 20.7. The second kappa shape index (κ2) is 12.1. The highest BCUT2D eigenvalue weighted by Gasteiger charge is 2.18. The van der Waals surface area contributed by atoms with E-state index >= 15 is 0 Å². The van der Waals surface area contributed by atoms with E-state index in [0.717, 1.165) is 16.9 Å². The predicted octanol–water partition coefficient (Wildman–Crippen LogP) is 3.09. The highest BCUT2D eigenvalue weighted by Crippen LogP contribution is 2.36. The molecule has 3 rings (SSSR count). The number of benzene rings is 1. The lowest BCUT2D eigenvalue weighted by Crippen LogP contribution is -2.29. The molecule has 35 heavy (non-hydrogen) atoms. The van der Waals surface area contributed by atoms with Gasteiger partial charge in [-0.3, -0.25) is 0 Å². The van der Waals surface area contributed by atoms with Gasteiger partial charge in [0.25, 0.3) is 0 Å². The van der Waals surface area contributed by atoms with Crippen LogP contribution in [-0.2, 0) is 0 Å². The Morgan fingerprint density at radius 1 is 1.14 bits per heavy atom. The minimum atomic E-state index is -0.644. The lowest BCUT2D eigenvalue weighted by Gasteiger charge is -2.24. The Hall–Kier alpha value is -3.76. The summed E-state index contributed by atoms with van der Waals surface area (Å²) in [6, 6.07) is 7.51. The van der Waals surface area contributed by atoms with Gasteiger partial charge in [0.2, 0.25) is 0 Å². The van der Waals surface area contributed by atoms with Gasteiger partial charge >= 0.3 is 0 Å². The van der Waals surface area contributed by atoms with Crippen molar-refractivity contribution in [3.8, 4) is 22.8 Å². The third-order valence-corrected chi connectivity index (χ3v) is 5.20. The fraction of sp³-hybridized carbons (Fsp3) is 0.360. The standard InChI is InChI=1S/C25H33N7O3/c1-16(2)30-25-22(10-26)24(32(4)18-11-28-15-29-12-18)9-23(31-25)17-6-20(34-5)8-21(7-17)35-14-19(33)13-27-3/h6-12,15-16,19,26-27,33H,13-14H2,1-5H3,(H,30,31). The average Bonchev–Trinajstić information content (AvgIpc) is 2.86. The van der Waals surface area contributed by atoms with Crippen molar-refractivity contribution >= 4 is 23.4 Å². The van der Waals surface area contributed by atoms with E-state index in [1.54, 1.807) is 32.6 Å². The molecule has 3 aromatic rings. The molecule has 0 fully saturated rings. The molecule has 0 bridgehead atoms. The van der Waals surface area contributed by atoms with Gasteiger partial charge < -0.3 is 35.5 Å². The number of pyridine rings is 1. The molecule has 10 heteroatoms. The molecule has 4 N–H and O–H groups in total. The van der Waals surface area contributed by atoms with E-state index in [9.17, 15) is 5.11 Å². The maximum absolute atomic E-state index is 10.0. The third kappa shape index (κ3) is 6.65. The van der Waals surface area contributed by atoms with E-state index in [4.69, 9.17) is 19.9 Å². The van der Waals surface area contributed by atoms with Crippen LogP contribution in [0.15, 0.2) is 43.0 Å². The van der Waals surface area contributed by atoms with Crippen LogP contribution in [0, 0.1) is 5.41 Å². The molecule has 186 valence electrons. The lowest BCUT2D eigenvalue weighted by molar-refractivity contribution is 0.108. The minimum Gasteiger partial charge on any atom is -0.497 e. The Labute approximate surface area is 205 Å². The van der Waals surface area contributed by atoms with Gasteiger partial charge in [0, 0.05) is 37.5 Å². The van der Waals surface area contributed by atoms with Crippen LogP contribution < -0.4 is 25.0 Å². The average molecular weight is 480 g/mol. The summed E-state index contributed by atoms with van der Waals surface area (Å²) < 4.78 is 11.3. The molecule has 0 spiro atoms. The summed E-state index contributed by atoms with van der Waals surface area (Å²) in [6.07, 6.45) is 5.55. The number of aliphatic hydroxyl groups is 1. The first-order valence-corrected chi connectivity index (χ1v) is 11.3. The van der Waals surface area contributed by atoms with Gasteiger partial charge in [-0.2, -0.15) is 0 Å². The highest BCUT2D eigenvalue weighted by atomic mass is 16.5. The molecular weight excluding hydrogens is 446 g/mol. The van der Waals surface area contributed by atoms with Gasteiger partial charge in [-0.15, -0.1) is 0 Å². The number of ether oxygens (including phenoxy) is 2. The number of aliphatic hydroxyl groups excluding tert-OH is 1. The minimum absolute atomic E-state index is 0.104. The topological polar surface area (TPSA) is 129 Å². The van der Waals surface area contributed by atoms with E-state index in [0.29, 0.717) is 35.1 Å². The van der Waals surface area contributed by atoms with Gasteiger partial charge in [-0.1, -0.05) is 0 Å². The van der Waals surface area contributed by atoms with Crippen molar-refractivity contribution in [3.63, 3.8) is 0 Å². The van der Waals surface area contributed by atoms with Crippen molar-refractivity contribution in [2.24, 2.45) is 0 Å². The second-order valence-electron chi connectivity index (χ2n) is 8.31. The molecule has 1 aromatic carbocycles. The van der Waals surface area contributed by atoms with Crippen molar-refractivity contribution in [2.75, 3.05) is 44.6 Å². The number of likely N-dealkylation sites (N-methyl/N-ethyl adjacent to an activating group) is 1. The lowest BCUT2D eigenvalue weighted by atomic mass is 10.1. The largest absolute Gasteiger partial charge is 0.497 e. The van der Waals surface area contributed by atoms with E-state index < -0.39 is 6.10 Å². The molecule has 0 aliphatic carbocycles. The van der Waals surface area contributed by atoms with Crippen LogP contribution in [0.1, 0.15) is 19.4 Å². The van der Waals surface area contributed by atoms with Crippen LogP contribution in [0.4, 0.5) is 17.2 Å². The summed E-state index contributed by atoms with van der Waals surface area (Å²) in [5.74, 6) is 1.74. The first kappa shape index (κ1) is 25.9. The van der Waals surface area contributed by atoms with Crippen molar-refractivity contribution in [1.82, 2.24) is 20.3 Å². The fourth-order valence-corrected chi connectivity index (χ4v) is 3.50. The summed E-state index contributed by atoms with van der Waals surface area (Å²) in [6.45, 7) is 4.59. The molecule has 2 aromatic heterocycles. The number of nitrogens with zero attached hydrogens (tertiary/aromatic N) is 4. The van der Waals surface area contributed by atoms with Gasteiger partial charge in [0.1, 0.15) is 36.4 Å².